The smallest absolute Gasteiger partial charge is 0.266 e. The van der Waals surface area contributed by atoms with Crippen molar-refractivity contribution in [1.29, 1.82) is 0 Å². The number of carbonyl (C=O) groups is 2. The number of fused-ring (bicyclic) bond motifs is 1. The number of anilines is 1. The summed E-state index contributed by atoms with van der Waals surface area (Å²) >= 11 is 11.7. The van der Waals surface area contributed by atoms with E-state index in [1.807, 2.05) is 0 Å². The van der Waals surface area contributed by atoms with Gasteiger partial charge >= 0.3 is 0 Å². The van der Waals surface area contributed by atoms with Crippen molar-refractivity contribution in [2.75, 3.05) is 4.90 Å². The van der Waals surface area contributed by atoms with Gasteiger partial charge in [0.05, 0.1) is 26.9 Å². The molecule has 1 heterocycles. The van der Waals surface area contributed by atoms with E-state index in [2.05, 4.69) is 0 Å². The highest BCUT2D eigenvalue weighted by Gasteiger charge is 2.37. The van der Waals surface area contributed by atoms with Gasteiger partial charge in [-0.15, -0.1) is 0 Å². The average molecular weight is 308 g/mol. The van der Waals surface area contributed by atoms with Gasteiger partial charge < -0.3 is 5.11 Å². The minimum Gasteiger partial charge on any atom is -0.508 e. The van der Waals surface area contributed by atoms with Crippen LogP contribution in [-0.4, -0.2) is 16.9 Å². The van der Waals surface area contributed by atoms with E-state index in [1.165, 1.54) is 24.3 Å². The fourth-order valence-electron chi connectivity index (χ4n) is 2.10. The van der Waals surface area contributed by atoms with Gasteiger partial charge in [-0.25, -0.2) is 4.90 Å². The van der Waals surface area contributed by atoms with E-state index in [4.69, 9.17) is 23.2 Å². The second-order valence-electron chi connectivity index (χ2n) is 4.28. The molecule has 0 atom stereocenters. The van der Waals surface area contributed by atoms with Gasteiger partial charge in [-0.3, -0.25) is 9.59 Å². The number of imide groups is 1. The van der Waals surface area contributed by atoms with Crippen LogP contribution in [0.4, 0.5) is 5.69 Å². The van der Waals surface area contributed by atoms with Crippen molar-refractivity contribution in [3.8, 4) is 5.75 Å². The predicted molar refractivity (Wildman–Crippen MR) is 75.7 cm³/mol. The van der Waals surface area contributed by atoms with Gasteiger partial charge in [-0.1, -0.05) is 29.3 Å². The zero-order chi connectivity index (χ0) is 14.4. The Kier molecular flexibility index (Phi) is 2.92. The number of halogens is 2. The zero-order valence-corrected chi connectivity index (χ0v) is 11.4. The van der Waals surface area contributed by atoms with Crippen LogP contribution in [0, 0.1) is 0 Å². The lowest BCUT2D eigenvalue weighted by atomic mass is 10.1. The highest BCUT2D eigenvalue weighted by atomic mass is 35.5. The van der Waals surface area contributed by atoms with E-state index in [0.717, 1.165) is 4.90 Å². The van der Waals surface area contributed by atoms with Gasteiger partial charge in [-0.2, -0.15) is 0 Å². The molecule has 1 aliphatic heterocycles. The van der Waals surface area contributed by atoms with Crippen LogP contribution in [0.25, 0.3) is 0 Å². The SMILES string of the molecule is O=C1c2cc(Cl)c(Cl)cc2C(=O)N1c1cccc(O)c1. The van der Waals surface area contributed by atoms with Gasteiger partial charge in [0.15, 0.2) is 0 Å². The number of nitrogens with zero attached hydrogens (tertiary/aromatic N) is 1. The third kappa shape index (κ3) is 1.85. The van der Waals surface area contributed by atoms with Crippen LogP contribution in [0.15, 0.2) is 36.4 Å². The normalized spacial score (nSPS) is 13.8. The van der Waals surface area contributed by atoms with Crippen LogP contribution < -0.4 is 4.90 Å². The lowest BCUT2D eigenvalue weighted by Gasteiger charge is -2.13. The second-order valence-corrected chi connectivity index (χ2v) is 5.09. The molecule has 0 saturated heterocycles. The molecule has 1 N–H and O–H groups in total. The molecule has 0 unspecified atom stereocenters. The first-order valence-corrected chi connectivity index (χ1v) is 6.41. The van der Waals surface area contributed by atoms with Crippen LogP contribution in [0.3, 0.4) is 0 Å². The molecule has 3 rings (SSSR count). The van der Waals surface area contributed by atoms with E-state index >= 15 is 0 Å². The summed E-state index contributed by atoms with van der Waals surface area (Å²) in [6.45, 7) is 0. The molecule has 0 bridgehead atoms. The molecule has 4 nitrogen and oxygen atoms in total. The molecule has 0 aliphatic carbocycles. The lowest BCUT2D eigenvalue weighted by Crippen LogP contribution is -2.29. The van der Waals surface area contributed by atoms with Crippen molar-refractivity contribution in [2.24, 2.45) is 0 Å². The molecule has 2 aromatic rings. The predicted octanol–water partition coefficient (Wildman–Crippen LogP) is 3.50. The maximum atomic E-state index is 12.3. The van der Waals surface area contributed by atoms with E-state index in [-0.39, 0.29) is 26.9 Å². The number of benzene rings is 2. The van der Waals surface area contributed by atoms with Crippen LogP contribution in [0.1, 0.15) is 20.7 Å². The Morgan fingerprint density at radius 3 is 1.95 bits per heavy atom. The maximum absolute atomic E-state index is 12.3. The Labute approximate surface area is 124 Å². The monoisotopic (exact) mass is 307 g/mol. The quantitative estimate of drug-likeness (QED) is 0.820. The average Bonchev–Trinajstić information content (AvgIpc) is 2.63. The van der Waals surface area contributed by atoms with Crippen molar-refractivity contribution in [3.63, 3.8) is 0 Å². The van der Waals surface area contributed by atoms with E-state index in [1.54, 1.807) is 12.1 Å². The summed E-state index contributed by atoms with van der Waals surface area (Å²) in [7, 11) is 0. The Morgan fingerprint density at radius 2 is 1.45 bits per heavy atom. The Balaban J connectivity index is 2.14. The third-order valence-corrected chi connectivity index (χ3v) is 3.74. The van der Waals surface area contributed by atoms with Crippen LogP contribution in [0.5, 0.6) is 5.75 Å². The number of amides is 2. The molecule has 100 valence electrons. The molecule has 20 heavy (non-hydrogen) atoms. The molecular weight excluding hydrogens is 301 g/mol. The minimum atomic E-state index is -0.492. The second kappa shape index (κ2) is 4.51. The number of aromatic hydroxyl groups is 1. The summed E-state index contributed by atoms with van der Waals surface area (Å²) < 4.78 is 0. The standard InChI is InChI=1S/C14H7Cl2NO3/c15-11-5-9-10(6-12(11)16)14(20)17(13(9)19)7-2-1-3-8(18)4-7/h1-6,18H. The number of rotatable bonds is 1. The first-order chi connectivity index (χ1) is 9.49. The Bertz CT molecular complexity index is 717. The molecule has 2 aromatic carbocycles. The summed E-state index contributed by atoms with van der Waals surface area (Å²) in [6.07, 6.45) is 0. The molecular formula is C14H7Cl2NO3. The van der Waals surface area contributed by atoms with Gasteiger partial charge in [0, 0.05) is 6.07 Å². The molecule has 0 saturated carbocycles. The van der Waals surface area contributed by atoms with E-state index < -0.39 is 11.8 Å². The Hall–Kier alpha value is -2.04. The first kappa shape index (κ1) is 13.0. The number of carbonyl (C=O) groups excluding carboxylic acids is 2. The summed E-state index contributed by atoms with van der Waals surface area (Å²) in [5.74, 6) is -1.02. The van der Waals surface area contributed by atoms with Gasteiger partial charge in [0.2, 0.25) is 0 Å². The molecule has 2 amide bonds. The molecule has 1 aliphatic rings. The Morgan fingerprint density at radius 1 is 0.900 bits per heavy atom. The number of phenolic OH excluding ortho intramolecular Hbond substituents is 1. The fraction of sp³-hybridized carbons (Fsp3) is 0. The van der Waals surface area contributed by atoms with E-state index in [9.17, 15) is 14.7 Å². The highest BCUT2D eigenvalue weighted by molar-refractivity contribution is 6.44. The molecule has 0 fully saturated rings. The van der Waals surface area contributed by atoms with Gasteiger partial charge in [0.1, 0.15) is 5.75 Å². The third-order valence-electron chi connectivity index (χ3n) is 3.02. The highest BCUT2D eigenvalue weighted by Crippen LogP contribution is 2.34. The van der Waals surface area contributed by atoms with Crippen molar-refractivity contribution in [2.45, 2.75) is 0 Å². The first-order valence-electron chi connectivity index (χ1n) is 5.66. The van der Waals surface area contributed by atoms with Crippen molar-refractivity contribution >= 4 is 40.7 Å². The van der Waals surface area contributed by atoms with Gasteiger partial charge in [-0.05, 0) is 24.3 Å². The van der Waals surface area contributed by atoms with Crippen LogP contribution in [0.2, 0.25) is 10.0 Å². The number of phenols is 1. The topological polar surface area (TPSA) is 57.6 Å². The van der Waals surface area contributed by atoms with E-state index in [0.29, 0.717) is 5.69 Å². The summed E-state index contributed by atoms with van der Waals surface area (Å²) in [5.41, 5.74) is 0.698. The minimum absolute atomic E-state index is 0.0323. The largest absolute Gasteiger partial charge is 0.508 e. The molecule has 6 heteroatoms. The van der Waals surface area contributed by atoms with Crippen molar-refractivity contribution in [1.82, 2.24) is 0 Å². The van der Waals surface area contributed by atoms with Crippen LogP contribution >= 0.6 is 23.2 Å². The van der Waals surface area contributed by atoms with Crippen LogP contribution in [-0.2, 0) is 0 Å². The maximum Gasteiger partial charge on any atom is 0.266 e. The molecule has 0 aromatic heterocycles. The number of hydrogen-bond donors (Lipinski definition) is 1. The fourth-order valence-corrected chi connectivity index (χ4v) is 2.43. The summed E-state index contributed by atoms with van der Waals surface area (Å²) in [4.78, 5) is 25.6. The lowest BCUT2D eigenvalue weighted by molar-refractivity contribution is 0.0926. The summed E-state index contributed by atoms with van der Waals surface area (Å²) in [5, 5.41) is 9.88. The van der Waals surface area contributed by atoms with Gasteiger partial charge in [0.25, 0.3) is 11.8 Å². The van der Waals surface area contributed by atoms with Crippen molar-refractivity contribution < 1.29 is 14.7 Å². The molecule has 0 spiro atoms. The molecule has 0 radical (unpaired) electrons. The zero-order valence-electron chi connectivity index (χ0n) is 9.93. The summed E-state index contributed by atoms with van der Waals surface area (Å²) in [6, 6.07) is 8.66. The van der Waals surface area contributed by atoms with Crippen molar-refractivity contribution in [3.05, 3.63) is 57.6 Å². The number of hydrogen-bond acceptors (Lipinski definition) is 3.